The minimum absolute atomic E-state index is 0.0441. The number of carbonyl (C=O) groups is 3. The average molecular weight is 465 g/mol. The minimum atomic E-state index is -0.963. The zero-order chi connectivity index (χ0) is 24.5. The van der Waals surface area contributed by atoms with E-state index in [4.69, 9.17) is 9.84 Å². The van der Waals surface area contributed by atoms with Crippen molar-refractivity contribution in [1.82, 2.24) is 10.2 Å². The molecule has 2 aromatic carbocycles. The topological polar surface area (TPSA) is 95.9 Å². The Kier molecular flexibility index (Phi) is 6.64. The molecule has 0 aromatic heterocycles. The summed E-state index contributed by atoms with van der Waals surface area (Å²) in [6.45, 7) is 5.86. The van der Waals surface area contributed by atoms with Crippen LogP contribution in [0.3, 0.4) is 0 Å². The Morgan fingerprint density at radius 1 is 1.03 bits per heavy atom. The minimum Gasteiger partial charge on any atom is -0.481 e. The Morgan fingerprint density at radius 3 is 2.09 bits per heavy atom. The van der Waals surface area contributed by atoms with E-state index in [0.717, 1.165) is 35.1 Å². The summed E-state index contributed by atoms with van der Waals surface area (Å²) in [6, 6.07) is 15.5. The van der Waals surface area contributed by atoms with Crippen LogP contribution in [0, 0.1) is 5.92 Å². The van der Waals surface area contributed by atoms with Crippen LogP contribution in [-0.4, -0.2) is 52.7 Å². The molecule has 1 atom stereocenters. The van der Waals surface area contributed by atoms with Gasteiger partial charge < -0.3 is 20.1 Å². The number of nitrogens with one attached hydrogen (secondary N) is 1. The maximum atomic E-state index is 13.4. The Labute approximate surface area is 200 Å². The summed E-state index contributed by atoms with van der Waals surface area (Å²) in [5.74, 6) is -1.24. The third-order valence-electron chi connectivity index (χ3n) is 6.60. The summed E-state index contributed by atoms with van der Waals surface area (Å²) in [5.41, 5.74) is 3.98. The highest BCUT2D eigenvalue weighted by atomic mass is 16.5. The lowest BCUT2D eigenvalue weighted by molar-refractivity contribution is -0.142. The van der Waals surface area contributed by atoms with Crippen molar-refractivity contribution < 1.29 is 24.2 Å². The van der Waals surface area contributed by atoms with Crippen LogP contribution in [0.25, 0.3) is 11.1 Å². The maximum absolute atomic E-state index is 13.4. The second-order valence-corrected chi connectivity index (χ2v) is 10.1. The number of carboxylic acid groups (broad SMARTS) is 1. The van der Waals surface area contributed by atoms with Crippen LogP contribution >= 0.6 is 0 Å². The van der Waals surface area contributed by atoms with Crippen LogP contribution in [0.15, 0.2) is 48.5 Å². The number of alkyl carbamates (subject to hydrolysis) is 1. The van der Waals surface area contributed by atoms with Gasteiger partial charge in [0.15, 0.2) is 0 Å². The Bertz CT molecular complexity index is 1040. The van der Waals surface area contributed by atoms with Crippen molar-refractivity contribution in [1.29, 1.82) is 0 Å². The zero-order valence-electron chi connectivity index (χ0n) is 19.9. The third-order valence-corrected chi connectivity index (χ3v) is 6.60. The second kappa shape index (κ2) is 9.49. The maximum Gasteiger partial charge on any atom is 0.407 e. The van der Waals surface area contributed by atoms with Crippen LogP contribution in [0.1, 0.15) is 57.1 Å². The first-order chi connectivity index (χ1) is 16.2. The van der Waals surface area contributed by atoms with E-state index in [-0.39, 0.29) is 37.3 Å². The molecule has 0 aliphatic heterocycles. The van der Waals surface area contributed by atoms with Crippen molar-refractivity contribution in [2.45, 2.75) is 57.5 Å². The molecule has 2 aromatic rings. The standard InChI is InChI=1S/C27H32N2O5/c1-27(2,3)29(15-14-23(30)31)25(32)24(17-12-13-17)28-26(33)34-16-22-20-10-6-4-8-18(20)19-9-5-7-11-21(19)22/h4-11,17,22,24H,12-16H2,1-3H3,(H,28,33)(H,30,31). The molecule has 0 saturated heterocycles. The van der Waals surface area contributed by atoms with E-state index < -0.39 is 23.6 Å². The fraction of sp³-hybridized carbons (Fsp3) is 0.444. The molecule has 1 unspecified atom stereocenters. The van der Waals surface area contributed by atoms with Crippen LogP contribution in [0.5, 0.6) is 0 Å². The highest BCUT2D eigenvalue weighted by Crippen LogP contribution is 2.44. The van der Waals surface area contributed by atoms with Gasteiger partial charge in [0.25, 0.3) is 0 Å². The molecule has 34 heavy (non-hydrogen) atoms. The zero-order valence-corrected chi connectivity index (χ0v) is 19.9. The lowest BCUT2D eigenvalue weighted by Gasteiger charge is -2.38. The van der Waals surface area contributed by atoms with E-state index >= 15 is 0 Å². The number of benzene rings is 2. The first-order valence-electron chi connectivity index (χ1n) is 11.8. The van der Waals surface area contributed by atoms with Gasteiger partial charge in [-0.3, -0.25) is 9.59 Å². The molecule has 1 fully saturated rings. The van der Waals surface area contributed by atoms with Gasteiger partial charge >= 0.3 is 12.1 Å². The van der Waals surface area contributed by atoms with Crippen molar-refractivity contribution >= 4 is 18.0 Å². The van der Waals surface area contributed by atoms with Crippen LogP contribution < -0.4 is 5.32 Å². The van der Waals surface area contributed by atoms with Gasteiger partial charge in [0.05, 0.1) is 6.42 Å². The Balaban J connectivity index is 1.44. The van der Waals surface area contributed by atoms with Gasteiger partial charge in [-0.25, -0.2) is 4.79 Å². The normalized spacial score (nSPS) is 15.7. The lowest BCUT2D eigenvalue weighted by Crippen LogP contribution is -2.56. The quantitative estimate of drug-likeness (QED) is 0.604. The third kappa shape index (κ3) is 5.08. The molecule has 0 radical (unpaired) electrons. The highest BCUT2D eigenvalue weighted by Gasteiger charge is 2.42. The summed E-state index contributed by atoms with van der Waals surface area (Å²) >= 11 is 0. The monoisotopic (exact) mass is 464 g/mol. The molecule has 0 spiro atoms. The van der Waals surface area contributed by atoms with Gasteiger partial charge in [-0.15, -0.1) is 0 Å². The lowest BCUT2D eigenvalue weighted by atomic mass is 9.98. The van der Waals surface area contributed by atoms with Crippen molar-refractivity contribution in [2.24, 2.45) is 5.92 Å². The molecule has 1 saturated carbocycles. The first kappa shape index (κ1) is 23.8. The summed E-state index contributed by atoms with van der Waals surface area (Å²) in [6.07, 6.45) is 0.915. The SMILES string of the molecule is CC(C)(C)N(CCC(=O)O)C(=O)C(NC(=O)OCC1c2ccccc2-c2ccccc21)C1CC1. The van der Waals surface area contributed by atoms with E-state index in [1.807, 2.05) is 45.0 Å². The van der Waals surface area contributed by atoms with Crippen molar-refractivity contribution in [3.8, 4) is 11.1 Å². The fourth-order valence-electron chi connectivity index (χ4n) is 4.73. The van der Waals surface area contributed by atoms with E-state index in [1.54, 1.807) is 4.90 Å². The summed E-state index contributed by atoms with van der Waals surface area (Å²) in [7, 11) is 0. The van der Waals surface area contributed by atoms with Gasteiger partial charge in [0, 0.05) is 18.0 Å². The Hall–Kier alpha value is -3.35. The summed E-state index contributed by atoms with van der Waals surface area (Å²) in [4.78, 5) is 38.8. The molecule has 2 N–H and O–H groups in total. The molecule has 2 amide bonds. The van der Waals surface area contributed by atoms with Gasteiger partial charge in [0.2, 0.25) is 5.91 Å². The molecular formula is C27H32N2O5. The second-order valence-electron chi connectivity index (χ2n) is 10.1. The average Bonchev–Trinajstić information content (AvgIpc) is 3.57. The van der Waals surface area contributed by atoms with E-state index in [0.29, 0.717) is 0 Å². The molecule has 0 heterocycles. The molecule has 2 aliphatic carbocycles. The largest absolute Gasteiger partial charge is 0.481 e. The van der Waals surface area contributed by atoms with Gasteiger partial charge in [-0.2, -0.15) is 0 Å². The first-order valence-corrected chi connectivity index (χ1v) is 11.8. The van der Waals surface area contributed by atoms with E-state index in [2.05, 4.69) is 29.6 Å². The van der Waals surface area contributed by atoms with Crippen molar-refractivity contribution in [3.05, 3.63) is 59.7 Å². The highest BCUT2D eigenvalue weighted by molar-refractivity contribution is 5.87. The number of aliphatic carboxylic acids is 1. The molecular weight excluding hydrogens is 432 g/mol. The van der Waals surface area contributed by atoms with Crippen LogP contribution in [0.4, 0.5) is 4.79 Å². The van der Waals surface area contributed by atoms with Crippen molar-refractivity contribution in [3.63, 3.8) is 0 Å². The molecule has 7 heteroatoms. The van der Waals surface area contributed by atoms with Crippen LogP contribution in [-0.2, 0) is 14.3 Å². The number of nitrogens with zero attached hydrogens (tertiary/aromatic N) is 1. The van der Waals surface area contributed by atoms with Gasteiger partial charge in [-0.05, 0) is 61.8 Å². The van der Waals surface area contributed by atoms with E-state index in [1.165, 1.54) is 0 Å². The van der Waals surface area contributed by atoms with E-state index in [9.17, 15) is 14.4 Å². The number of rotatable bonds is 8. The predicted molar refractivity (Wildman–Crippen MR) is 128 cm³/mol. The molecule has 2 aliphatic rings. The molecule has 7 nitrogen and oxygen atoms in total. The van der Waals surface area contributed by atoms with Crippen LogP contribution in [0.2, 0.25) is 0 Å². The molecule has 0 bridgehead atoms. The Morgan fingerprint density at radius 2 is 1.59 bits per heavy atom. The number of amides is 2. The predicted octanol–water partition coefficient (Wildman–Crippen LogP) is 4.41. The number of hydrogen-bond acceptors (Lipinski definition) is 4. The number of carbonyl (C=O) groups excluding carboxylic acids is 2. The number of ether oxygens (including phenoxy) is 1. The van der Waals surface area contributed by atoms with Crippen molar-refractivity contribution in [2.75, 3.05) is 13.2 Å². The molecule has 180 valence electrons. The van der Waals surface area contributed by atoms with Gasteiger partial charge in [0.1, 0.15) is 12.6 Å². The fourth-order valence-corrected chi connectivity index (χ4v) is 4.73. The number of hydrogen-bond donors (Lipinski definition) is 2. The summed E-state index contributed by atoms with van der Waals surface area (Å²) < 4.78 is 5.65. The smallest absolute Gasteiger partial charge is 0.407 e. The summed E-state index contributed by atoms with van der Waals surface area (Å²) in [5, 5.41) is 11.9. The number of fused-ring (bicyclic) bond motifs is 3. The number of carboxylic acids is 1. The molecule has 4 rings (SSSR count). The van der Waals surface area contributed by atoms with Gasteiger partial charge in [-0.1, -0.05) is 48.5 Å².